The van der Waals surface area contributed by atoms with E-state index < -0.39 is 17.4 Å². The number of Topliss-reactive ketones (excluding diaryl/α,β-unsaturated/α-hetero) is 1. The van der Waals surface area contributed by atoms with E-state index in [9.17, 15) is 13.6 Å². The molecule has 1 aromatic rings. The van der Waals surface area contributed by atoms with E-state index >= 15 is 0 Å². The number of benzene rings is 1. The van der Waals surface area contributed by atoms with Crippen LogP contribution in [0.15, 0.2) is 18.2 Å². The molecule has 0 saturated heterocycles. The average molecular weight is 213 g/mol. The van der Waals surface area contributed by atoms with Crippen LogP contribution in [-0.4, -0.2) is 11.8 Å². The van der Waals surface area contributed by atoms with Gasteiger partial charge in [-0.1, -0.05) is 0 Å². The molecule has 1 aromatic carbocycles. The van der Waals surface area contributed by atoms with Crippen molar-refractivity contribution in [1.29, 1.82) is 0 Å². The number of ketones is 1. The van der Waals surface area contributed by atoms with Crippen molar-refractivity contribution in [1.82, 2.24) is 0 Å². The van der Waals surface area contributed by atoms with Gasteiger partial charge in [-0.15, -0.1) is 0 Å². The molecule has 0 amide bonds. The third-order valence-corrected chi connectivity index (χ3v) is 2.06. The Balaban J connectivity index is 2.77. The monoisotopic (exact) mass is 213 g/mol. The molecule has 0 heterocycles. The minimum Gasteiger partial charge on any atom is -0.328 e. The maximum Gasteiger partial charge on any atom is 0.165 e. The predicted octanol–water partition coefficient (Wildman–Crippen LogP) is 2.27. The first-order chi connectivity index (χ1) is 7.00. The molecule has 2 N–H and O–H groups in total. The summed E-state index contributed by atoms with van der Waals surface area (Å²) in [5.74, 6) is -1.71. The van der Waals surface area contributed by atoms with Crippen molar-refractivity contribution in [2.45, 2.75) is 25.8 Å². The molecule has 1 rings (SSSR count). The summed E-state index contributed by atoms with van der Waals surface area (Å²) in [6, 6.07) is 2.73. The summed E-state index contributed by atoms with van der Waals surface area (Å²) in [5, 5.41) is 0. The molecule has 15 heavy (non-hydrogen) atoms. The minimum atomic E-state index is -0.689. The largest absolute Gasteiger partial charge is 0.328 e. The van der Waals surface area contributed by atoms with Crippen molar-refractivity contribution < 1.29 is 13.6 Å². The topological polar surface area (TPSA) is 43.1 Å². The smallest absolute Gasteiger partial charge is 0.165 e. The lowest BCUT2D eigenvalue weighted by molar-refractivity contribution is 0.0973. The molecule has 82 valence electrons. The molecule has 0 radical (unpaired) electrons. The fraction of sp³-hybridized carbons (Fsp3) is 0.364. The first-order valence-corrected chi connectivity index (χ1v) is 4.74. The second kappa shape index (κ2) is 4.98. The van der Waals surface area contributed by atoms with Crippen molar-refractivity contribution in [2.24, 2.45) is 5.73 Å². The average Bonchev–Trinajstić information content (AvgIpc) is 2.18. The molecule has 0 aliphatic heterocycles. The highest BCUT2D eigenvalue weighted by Gasteiger charge is 2.12. The molecule has 0 bridgehead atoms. The molecule has 4 heteroatoms. The molecule has 0 saturated carbocycles. The second-order valence-electron chi connectivity index (χ2n) is 3.56. The highest BCUT2D eigenvalue weighted by molar-refractivity contribution is 5.96. The number of nitrogens with two attached hydrogens (primary N) is 1. The fourth-order valence-corrected chi connectivity index (χ4v) is 1.20. The van der Waals surface area contributed by atoms with E-state index in [1.54, 1.807) is 6.92 Å². The highest BCUT2D eigenvalue weighted by atomic mass is 19.1. The van der Waals surface area contributed by atoms with E-state index in [0.717, 1.165) is 18.2 Å². The molecular formula is C11H13F2NO. The van der Waals surface area contributed by atoms with Crippen LogP contribution in [0.5, 0.6) is 0 Å². The number of halogens is 2. The lowest BCUT2D eigenvalue weighted by atomic mass is 10.0. The summed E-state index contributed by atoms with van der Waals surface area (Å²) in [6.07, 6.45) is 0.604. The Morgan fingerprint density at radius 2 is 2.13 bits per heavy atom. The maximum atomic E-state index is 13.1. The van der Waals surface area contributed by atoms with Crippen LogP contribution in [-0.2, 0) is 0 Å². The van der Waals surface area contributed by atoms with Gasteiger partial charge in [0.05, 0.1) is 5.56 Å². The zero-order chi connectivity index (χ0) is 11.4. The van der Waals surface area contributed by atoms with E-state index in [2.05, 4.69) is 0 Å². The van der Waals surface area contributed by atoms with E-state index in [0.29, 0.717) is 6.42 Å². The Kier molecular flexibility index (Phi) is 3.91. The van der Waals surface area contributed by atoms with Gasteiger partial charge in [-0.25, -0.2) is 8.78 Å². The first-order valence-electron chi connectivity index (χ1n) is 4.74. The zero-order valence-corrected chi connectivity index (χ0v) is 8.47. The van der Waals surface area contributed by atoms with E-state index in [1.807, 2.05) is 0 Å². The Hall–Kier alpha value is -1.29. The van der Waals surface area contributed by atoms with Gasteiger partial charge in [0.25, 0.3) is 0 Å². The van der Waals surface area contributed by atoms with Gasteiger partial charge in [0.2, 0.25) is 0 Å². The molecule has 0 aliphatic rings. The lowest BCUT2D eigenvalue weighted by Gasteiger charge is -2.05. The molecule has 1 unspecified atom stereocenters. The quantitative estimate of drug-likeness (QED) is 0.779. The summed E-state index contributed by atoms with van der Waals surface area (Å²) < 4.78 is 25.9. The van der Waals surface area contributed by atoms with Crippen LogP contribution in [0, 0.1) is 11.6 Å². The zero-order valence-electron chi connectivity index (χ0n) is 8.47. The summed E-state index contributed by atoms with van der Waals surface area (Å²) in [5.41, 5.74) is 5.27. The molecule has 0 spiro atoms. The first kappa shape index (κ1) is 11.8. The summed E-state index contributed by atoms with van der Waals surface area (Å²) >= 11 is 0. The van der Waals surface area contributed by atoms with Gasteiger partial charge in [-0.2, -0.15) is 0 Å². The van der Waals surface area contributed by atoms with Gasteiger partial charge in [0.1, 0.15) is 11.6 Å². The number of rotatable bonds is 4. The Bertz CT molecular complexity index is 364. The molecule has 0 aromatic heterocycles. The summed E-state index contributed by atoms with van der Waals surface area (Å²) in [7, 11) is 0. The molecule has 2 nitrogen and oxygen atoms in total. The number of hydrogen-bond donors (Lipinski definition) is 1. The van der Waals surface area contributed by atoms with Gasteiger partial charge in [-0.05, 0) is 31.5 Å². The van der Waals surface area contributed by atoms with Crippen LogP contribution < -0.4 is 5.73 Å². The third kappa shape index (κ3) is 3.40. The second-order valence-corrected chi connectivity index (χ2v) is 3.56. The van der Waals surface area contributed by atoms with Crippen molar-refractivity contribution in [3.63, 3.8) is 0 Å². The normalized spacial score (nSPS) is 12.5. The summed E-state index contributed by atoms with van der Waals surface area (Å²) in [6.45, 7) is 1.76. The van der Waals surface area contributed by atoms with Crippen LogP contribution in [0.2, 0.25) is 0 Å². The lowest BCUT2D eigenvalue weighted by Crippen LogP contribution is -2.16. The van der Waals surface area contributed by atoms with Gasteiger partial charge in [0, 0.05) is 12.5 Å². The van der Waals surface area contributed by atoms with Crippen LogP contribution in [0.1, 0.15) is 30.1 Å². The minimum absolute atomic E-state index is 0.120. The molecule has 0 fully saturated rings. The van der Waals surface area contributed by atoms with E-state index in [4.69, 9.17) is 5.73 Å². The molecular weight excluding hydrogens is 200 g/mol. The number of carbonyl (C=O) groups is 1. The van der Waals surface area contributed by atoms with Gasteiger partial charge >= 0.3 is 0 Å². The van der Waals surface area contributed by atoms with Crippen molar-refractivity contribution >= 4 is 5.78 Å². The van der Waals surface area contributed by atoms with Crippen LogP contribution >= 0.6 is 0 Å². The molecule has 0 aliphatic carbocycles. The number of carbonyl (C=O) groups excluding carboxylic acids is 1. The van der Waals surface area contributed by atoms with Crippen molar-refractivity contribution in [3.05, 3.63) is 35.4 Å². The standard InChI is InChI=1S/C11H13F2NO/c1-7(14)2-5-11(15)9-6-8(12)3-4-10(9)13/h3-4,6-7H,2,5,14H2,1H3. The van der Waals surface area contributed by atoms with Crippen LogP contribution in [0.4, 0.5) is 8.78 Å². The van der Waals surface area contributed by atoms with Gasteiger partial charge in [0.15, 0.2) is 5.78 Å². The summed E-state index contributed by atoms with van der Waals surface area (Å²) in [4.78, 5) is 11.5. The van der Waals surface area contributed by atoms with Crippen molar-refractivity contribution in [2.75, 3.05) is 0 Å². The van der Waals surface area contributed by atoms with E-state index in [1.165, 1.54) is 0 Å². The highest BCUT2D eigenvalue weighted by Crippen LogP contribution is 2.13. The third-order valence-electron chi connectivity index (χ3n) is 2.06. The van der Waals surface area contributed by atoms with Crippen LogP contribution in [0.3, 0.4) is 0 Å². The van der Waals surface area contributed by atoms with E-state index in [-0.39, 0.29) is 18.0 Å². The fourth-order valence-electron chi connectivity index (χ4n) is 1.20. The predicted molar refractivity (Wildman–Crippen MR) is 53.6 cm³/mol. The van der Waals surface area contributed by atoms with Gasteiger partial charge in [-0.3, -0.25) is 4.79 Å². The Morgan fingerprint density at radius 3 is 2.73 bits per heavy atom. The maximum absolute atomic E-state index is 13.1. The SMILES string of the molecule is CC(N)CCC(=O)c1cc(F)ccc1F. The van der Waals surface area contributed by atoms with Crippen LogP contribution in [0.25, 0.3) is 0 Å². The number of hydrogen-bond acceptors (Lipinski definition) is 2. The molecule has 1 atom stereocenters. The Labute approximate surface area is 87.1 Å². The van der Waals surface area contributed by atoms with Gasteiger partial charge < -0.3 is 5.73 Å². The van der Waals surface area contributed by atoms with Crippen molar-refractivity contribution in [3.8, 4) is 0 Å². The Morgan fingerprint density at radius 1 is 1.47 bits per heavy atom.